The Hall–Kier alpha value is -2.15. The van der Waals surface area contributed by atoms with E-state index in [-0.39, 0.29) is 17.5 Å². The first-order valence-corrected chi connectivity index (χ1v) is 10.8. The standard InChI is InChI=1S/C19H26N4O2S/c1-14(2)12-20-18-11-17(15-7-5-4-6-8-15)21-19(22-18)23(3)16-9-10-26(24,25)13-16/h4-8,11,14,16H,9-10,12-13H2,1-3H3,(H,20,21,22). The summed E-state index contributed by atoms with van der Waals surface area (Å²) in [7, 11) is -1.08. The highest BCUT2D eigenvalue weighted by Gasteiger charge is 2.32. The number of aromatic nitrogens is 2. The molecule has 1 aliphatic rings. The first-order chi connectivity index (χ1) is 12.3. The van der Waals surface area contributed by atoms with Crippen LogP contribution in [0.15, 0.2) is 36.4 Å². The van der Waals surface area contributed by atoms with E-state index in [1.54, 1.807) is 0 Å². The van der Waals surface area contributed by atoms with Crippen molar-refractivity contribution in [2.45, 2.75) is 26.3 Å². The van der Waals surface area contributed by atoms with Crippen molar-refractivity contribution in [3.8, 4) is 11.3 Å². The molecule has 7 heteroatoms. The van der Waals surface area contributed by atoms with E-state index in [4.69, 9.17) is 4.98 Å². The molecule has 0 amide bonds. The fourth-order valence-corrected chi connectivity index (χ4v) is 4.77. The number of benzene rings is 1. The van der Waals surface area contributed by atoms with Gasteiger partial charge in [0, 0.05) is 31.3 Å². The van der Waals surface area contributed by atoms with Gasteiger partial charge in [0.2, 0.25) is 5.95 Å². The highest BCUT2D eigenvalue weighted by atomic mass is 32.2. The summed E-state index contributed by atoms with van der Waals surface area (Å²) in [6, 6.07) is 11.8. The number of nitrogens with one attached hydrogen (secondary N) is 1. The van der Waals surface area contributed by atoms with Crippen LogP contribution in [-0.2, 0) is 9.84 Å². The summed E-state index contributed by atoms with van der Waals surface area (Å²) < 4.78 is 23.7. The maximum absolute atomic E-state index is 11.8. The molecule has 1 aliphatic heterocycles. The molecule has 0 saturated carbocycles. The van der Waals surface area contributed by atoms with E-state index in [1.165, 1.54) is 0 Å². The van der Waals surface area contributed by atoms with Gasteiger partial charge in [0.25, 0.3) is 0 Å². The molecule has 3 rings (SSSR count). The topological polar surface area (TPSA) is 75.2 Å². The maximum atomic E-state index is 11.8. The Kier molecular flexibility index (Phi) is 5.46. The second kappa shape index (κ2) is 7.61. The van der Waals surface area contributed by atoms with Gasteiger partial charge in [0.15, 0.2) is 9.84 Å². The average Bonchev–Trinajstić information content (AvgIpc) is 2.99. The van der Waals surface area contributed by atoms with Gasteiger partial charge in [-0.2, -0.15) is 4.98 Å². The molecule has 1 aromatic carbocycles. The molecule has 2 aromatic rings. The molecule has 0 radical (unpaired) electrons. The van der Waals surface area contributed by atoms with Crippen LogP contribution in [0.1, 0.15) is 20.3 Å². The molecule has 140 valence electrons. The third kappa shape index (κ3) is 4.52. The van der Waals surface area contributed by atoms with Gasteiger partial charge in [0.1, 0.15) is 5.82 Å². The Labute approximate surface area is 155 Å². The van der Waals surface area contributed by atoms with Crippen molar-refractivity contribution in [1.29, 1.82) is 0 Å². The quantitative estimate of drug-likeness (QED) is 0.838. The van der Waals surface area contributed by atoms with Crippen LogP contribution in [0.3, 0.4) is 0 Å². The Morgan fingerprint density at radius 2 is 1.96 bits per heavy atom. The zero-order chi connectivity index (χ0) is 18.7. The predicted octanol–water partition coefficient (Wildman–Crippen LogP) is 2.83. The van der Waals surface area contributed by atoms with Crippen molar-refractivity contribution < 1.29 is 8.42 Å². The first-order valence-electron chi connectivity index (χ1n) is 8.96. The normalized spacial score (nSPS) is 18.8. The summed E-state index contributed by atoms with van der Waals surface area (Å²) in [5.74, 6) is 2.21. The summed E-state index contributed by atoms with van der Waals surface area (Å²) in [4.78, 5) is 11.2. The van der Waals surface area contributed by atoms with Crippen LogP contribution in [-0.4, -0.2) is 49.5 Å². The molecule has 1 N–H and O–H groups in total. The Morgan fingerprint density at radius 1 is 1.23 bits per heavy atom. The van der Waals surface area contributed by atoms with Crippen LogP contribution in [0.2, 0.25) is 0 Å². The van der Waals surface area contributed by atoms with E-state index in [1.807, 2.05) is 48.3 Å². The molecule has 2 heterocycles. The zero-order valence-corrected chi connectivity index (χ0v) is 16.3. The number of anilines is 2. The van der Waals surface area contributed by atoms with Crippen molar-refractivity contribution in [1.82, 2.24) is 9.97 Å². The van der Waals surface area contributed by atoms with Crippen LogP contribution < -0.4 is 10.2 Å². The van der Waals surface area contributed by atoms with E-state index in [0.717, 1.165) is 23.6 Å². The van der Waals surface area contributed by atoms with Gasteiger partial charge < -0.3 is 10.2 Å². The molecule has 1 unspecified atom stereocenters. The predicted molar refractivity (Wildman–Crippen MR) is 106 cm³/mol. The first kappa shape index (κ1) is 18.6. The van der Waals surface area contributed by atoms with Gasteiger partial charge in [0.05, 0.1) is 17.2 Å². The lowest BCUT2D eigenvalue weighted by atomic mass is 10.1. The number of rotatable bonds is 6. The zero-order valence-electron chi connectivity index (χ0n) is 15.5. The van der Waals surface area contributed by atoms with Crippen LogP contribution >= 0.6 is 0 Å². The molecule has 1 atom stereocenters. The monoisotopic (exact) mass is 374 g/mol. The minimum absolute atomic E-state index is 0.0797. The summed E-state index contributed by atoms with van der Waals surface area (Å²) >= 11 is 0. The summed E-state index contributed by atoms with van der Waals surface area (Å²) in [6.45, 7) is 5.09. The van der Waals surface area contributed by atoms with Crippen molar-refractivity contribution in [2.75, 3.05) is 35.3 Å². The lowest BCUT2D eigenvalue weighted by Crippen LogP contribution is -2.34. The molecular weight excluding hydrogens is 348 g/mol. The molecule has 1 aromatic heterocycles. The van der Waals surface area contributed by atoms with Gasteiger partial charge >= 0.3 is 0 Å². The molecule has 26 heavy (non-hydrogen) atoms. The second-order valence-corrected chi connectivity index (χ2v) is 9.48. The second-order valence-electron chi connectivity index (χ2n) is 7.25. The van der Waals surface area contributed by atoms with E-state index in [0.29, 0.717) is 18.3 Å². The van der Waals surface area contributed by atoms with Crippen LogP contribution in [0.25, 0.3) is 11.3 Å². The molecule has 1 fully saturated rings. The third-order valence-corrected chi connectivity index (χ3v) is 6.30. The maximum Gasteiger partial charge on any atom is 0.227 e. The largest absolute Gasteiger partial charge is 0.370 e. The van der Waals surface area contributed by atoms with E-state index in [2.05, 4.69) is 24.1 Å². The average molecular weight is 375 g/mol. The minimum Gasteiger partial charge on any atom is -0.370 e. The number of hydrogen-bond donors (Lipinski definition) is 1. The highest BCUT2D eigenvalue weighted by molar-refractivity contribution is 7.91. The van der Waals surface area contributed by atoms with Gasteiger partial charge in [-0.05, 0) is 12.3 Å². The fraction of sp³-hybridized carbons (Fsp3) is 0.474. The summed E-state index contributed by atoms with van der Waals surface area (Å²) in [6.07, 6.45) is 0.618. The van der Waals surface area contributed by atoms with Gasteiger partial charge in [-0.3, -0.25) is 0 Å². The van der Waals surface area contributed by atoms with E-state index >= 15 is 0 Å². The van der Waals surface area contributed by atoms with E-state index in [9.17, 15) is 8.42 Å². The van der Waals surface area contributed by atoms with Gasteiger partial charge in [-0.15, -0.1) is 0 Å². The molecule has 0 spiro atoms. The SMILES string of the molecule is CC(C)CNc1cc(-c2ccccc2)nc(N(C)C2CCS(=O)(=O)C2)n1. The van der Waals surface area contributed by atoms with Crippen LogP contribution in [0, 0.1) is 5.92 Å². The van der Waals surface area contributed by atoms with Gasteiger partial charge in [-0.25, -0.2) is 13.4 Å². The Bertz CT molecular complexity index is 853. The highest BCUT2D eigenvalue weighted by Crippen LogP contribution is 2.26. The molecule has 0 bridgehead atoms. The number of sulfone groups is 1. The lowest BCUT2D eigenvalue weighted by molar-refractivity contribution is 0.600. The fourth-order valence-electron chi connectivity index (χ4n) is 2.99. The van der Waals surface area contributed by atoms with E-state index < -0.39 is 9.84 Å². The Balaban J connectivity index is 1.94. The number of nitrogens with zero attached hydrogens (tertiary/aromatic N) is 3. The minimum atomic E-state index is -2.96. The molecule has 1 saturated heterocycles. The lowest BCUT2D eigenvalue weighted by Gasteiger charge is -2.24. The van der Waals surface area contributed by atoms with Crippen LogP contribution in [0.5, 0.6) is 0 Å². The van der Waals surface area contributed by atoms with Crippen molar-refractivity contribution in [2.24, 2.45) is 5.92 Å². The summed E-state index contributed by atoms with van der Waals surface area (Å²) in [5.41, 5.74) is 1.84. The molecular formula is C19H26N4O2S. The van der Waals surface area contributed by atoms with Crippen molar-refractivity contribution in [3.05, 3.63) is 36.4 Å². The molecule has 0 aliphatic carbocycles. The van der Waals surface area contributed by atoms with Gasteiger partial charge in [-0.1, -0.05) is 44.2 Å². The number of hydrogen-bond acceptors (Lipinski definition) is 6. The van der Waals surface area contributed by atoms with Crippen molar-refractivity contribution >= 4 is 21.6 Å². The molecule has 6 nitrogen and oxygen atoms in total. The van der Waals surface area contributed by atoms with Crippen LogP contribution in [0.4, 0.5) is 11.8 Å². The van der Waals surface area contributed by atoms with Crippen molar-refractivity contribution in [3.63, 3.8) is 0 Å². The summed E-state index contributed by atoms with van der Waals surface area (Å²) in [5, 5.41) is 3.36. The third-order valence-electron chi connectivity index (χ3n) is 4.55. The Morgan fingerprint density at radius 3 is 2.58 bits per heavy atom. The smallest absolute Gasteiger partial charge is 0.227 e.